The van der Waals surface area contributed by atoms with Gasteiger partial charge in [-0.2, -0.15) is 26.3 Å². The lowest BCUT2D eigenvalue weighted by Gasteiger charge is -2.28. The Kier molecular flexibility index (Phi) is 7.07. The molecule has 0 spiro atoms. The van der Waals surface area contributed by atoms with E-state index in [0.29, 0.717) is 30.5 Å². The van der Waals surface area contributed by atoms with Crippen LogP contribution in [-0.4, -0.2) is 19.1 Å². The van der Waals surface area contributed by atoms with Crippen LogP contribution in [0.25, 0.3) is 0 Å². The molecule has 3 nitrogen and oxygen atoms in total. The number of ether oxygens (including phenoxy) is 1. The quantitative estimate of drug-likeness (QED) is 0.409. The maximum atomic E-state index is 13.4. The standard InChI is InChI=1S/C23H22F7NO2/c1-12(14-9-15(22(25,26)27)11-16(10-14)23(28,29)30)31-19-8-7-18(21(32)33-2)20(19)13-3-5-17(24)6-4-13/h3-6,9-12,18-20,31H,7-8H2,1-2H3/t12-,18-,19-,20+/m0/s1. The lowest BCUT2D eigenvalue weighted by molar-refractivity contribution is -0.146. The second-order valence-electron chi connectivity index (χ2n) is 8.12. The van der Waals surface area contributed by atoms with Gasteiger partial charge in [0.05, 0.1) is 24.2 Å². The Morgan fingerprint density at radius 2 is 1.52 bits per heavy atom. The summed E-state index contributed by atoms with van der Waals surface area (Å²) >= 11 is 0. The van der Waals surface area contributed by atoms with E-state index in [-0.39, 0.29) is 11.6 Å². The van der Waals surface area contributed by atoms with Crippen LogP contribution in [0, 0.1) is 11.7 Å². The van der Waals surface area contributed by atoms with Crippen LogP contribution in [0.1, 0.15) is 54.0 Å². The third-order valence-electron chi connectivity index (χ3n) is 5.99. The van der Waals surface area contributed by atoms with E-state index in [9.17, 15) is 35.5 Å². The summed E-state index contributed by atoms with van der Waals surface area (Å²) in [5.74, 6) is -2.04. The van der Waals surface area contributed by atoms with Gasteiger partial charge >= 0.3 is 18.3 Å². The molecule has 0 saturated heterocycles. The van der Waals surface area contributed by atoms with Crippen molar-refractivity contribution in [3.63, 3.8) is 0 Å². The second-order valence-corrected chi connectivity index (χ2v) is 8.12. The van der Waals surface area contributed by atoms with Gasteiger partial charge in [0.2, 0.25) is 0 Å². The number of nitrogens with one attached hydrogen (secondary N) is 1. The Hall–Kier alpha value is -2.62. The average molecular weight is 477 g/mol. The van der Waals surface area contributed by atoms with Crippen molar-refractivity contribution in [3.05, 3.63) is 70.5 Å². The molecule has 1 N–H and O–H groups in total. The van der Waals surface area contributed by atoms with E-state index in [2.05, 4.69) is 5.32 Å². The van der Waals surface area contributed by atoms with Crippen molar-refractivity contribution in [2.24, 2.45) is 5.92 Å². The monoisotopic (exact) mass is 477 g/mol. The Bertz CT molecular complexity index is 954. The molecule has 0 heterocycles. The van der Waals surface area contributed by atoms with Gasteiger partial charge in [0.15, 0.2) is 0 Å². The molecule has 0 amide bonds. The number of carbonyl (C=O) groups excluding carboxylic acids is 1. The molecule has 0 radical (unpaired) electrons. The van der Waals surface area contributed by atoms with E-state index in [1.54, 1.807) is 0 Å². The summed E-state index contributed by atoms with van der Waals surface area (Å²) in [6, 6.07) is 5.57. The third kappa shape index (κ3) is 5.66. The molecule has 2 aromatic carbocycles. The maximum absolute atomic E-state index is 13.4. The van der Waals surface area contributed by atoms with Gasteiger partial charge in [0.25, 0.3) is 0 Å². The summed E-state index contributed by atoms with van der Waals surface area (Å²) in [6.45, 7) is 1.46. The van der Waals surface area contributed by atoms with Crippen LogP contribution in [0.3, 0.4) is 0 Å². The molecule has 33 heavy (non-hydrogen) atoms. The zero-order valence-electron chi connectivity index (χ0n) is 17.7. The molecular formula is C23H22F7NO2. The lowest BCUT2D eigenvalue weighted by atomic mass is 9.86. The van der Waals surface area contributed by atoms with Crippen LogP contribution in [-0.2, 0) is 21.9 Å². The molecule has 1 fully saturated rings. The van der Waals surface area contributed by atoms with Crippen molar-refractivity contribution >= 4 is 5.97 Å². The fourth-order valence-electron chi connectivity index (χ4n) is 4.40. The Balaban J connectivity index is 1.94. The number of hydrogen-bond acceptors (Lipinski definition) is 3. The Morgan fingerprint density at radius 3 is 2.00 bits per heavy atom. The molecule has 1 aliphatic carbocycles. The fraction of sp³-hybridized carbons (Fsp3) is 0.435. The first kappa shape index (κ1) is 25.0. The van der Waals surface area contributed by atoms with E-state index in [4.69, 9.17) is 4.74 Å². The first-order chi connectivity index (χ1) is 15.3. The van der Waals surface area contributed by atoms with Crippen molar-refractivity contribution in [2.45, 2.75) is 50.1 Å². The highest BCUT2D eigenvalue weighted by molar-refractivity contribution is 5.74. The SMILES string of the molecule is COC(=O)[C@H]1CC[C@H](N[C@@H](C)c2cc(C(F)(F)F)cc(C(F)(F)F)c2)[C@@H]1c1ccc(F)cc1. The first-order valence-corrected chi connectivity index (χ1v) is 10.2. The van der Waals surface area contributed by atoms with E-state index >= 15 is 0 Å². The zero-order chi connectivity index (χ0) is 24.6. The van der Waals surface area contributed by atoms with Crippen LogP contribution >= 0.6 is 0 Å². The van der Waals surface area contributed by atoms with Gasteiger partial charge in [0, 0.05) is 18.0 Å². The lowest BCUT2D eigenvalue weighted by Crippen LogP contribution is -2.36. The topological polar surface area (TPSA) is 38.3 Å². The predicted octanol–water partition coefficient (Wildman–Crippen LogP) is 6.25. The van der Waals surface area contributed by atoms with Crippen LogP contribution in [0.4, 0.5) is 30.7 Å². The molecule has 0 aliphatic heterocycles. The molecule has 10 heteroatoms. The highest BCUT2D eigenvalue weighted by Crippen LogP contribution is 2.42. The van der Waals surface area contributed by atoms with Gasteiger partial charge in [-0.1, -0.05) is 12.1 Å². The number of hydrogen-bond donors (Lipinski definition) is 1. The second kappa shape index (κ2) is 9.32. The summed E-state index contributed by atoms with van der Waals surface area (Å²) in [5.41, 5.74) is -2.35. The molecule has 1 aliphatic rings. The Morgan fingerprint density at radius 1 is 0.970 bits per heavy atom. The largest absolute Gasteiger partial charge is 0.469 e. The number of methoxy groups -OCH3 is 1. The minimum atomic E-state index is -4.95. The highest BCUT2D eigenvalue weighted by atomic mass is 19.4. The molecule has 1 saturated carbocycles. The van der Waals surface area contributed by atoms with Crippen molar-refractivity contribution < 1.29 is 40.3 Å². The number of benzene rings is 2. The summed E-state index contributed by atoms with van der Waals surface area (Å²) in [7, 11) is 1.23. The van der Waals surface area contributed by atoms with Crippen LogP contribution in [0.2, 0.25) is 0 Å². The maximum Gasteiger partial charge on any atom is 0.416 e. The smallest absolute Gasteiger partial charge is 0.416 e. The van der Waals surface area contributed by atoms with E-state index in [0.717, 1.165) is 0 Å². The van der Waals surface area contributed by atoms with Crippen molar-refractivity contribution in [1.29, 1.82) is 0 Å². The summed E-state index contributed by atoms with van der Waals surface area (Å²) in [4.78, 5) is 12.3. The molecule has 3 rings (SSSR count). The normalized spacial score (nSPS) is 22.3. The molecule has 180 valence electrons. The van der Waals surface area contributed by atoms with Gasteiger partial charge in [-0.15, -0.1) is 0 Å². The highest BCUT2D eigenvalue weighted by Gasteiger charge is 2.43. The molecule has 0 unspecified atom stereocenters. The van der Waals surface area contributed by atoms with Gasteiger partial charge in [-0.05, 0) is 61.2 Å². The van der Waals surface area contributed by atoms with Gasteiger partial charge in [0.1, 0.15) is 5.82 Å². The number of carbonyl (C=O) groups is 1. The van der Waals surface area contributed by atoms with Crippen LogP contribution < -0.4 is 5.32 Å². The minimum Gasteiger partial charge on any atom is -0.469 e. The van der Waals surface area contributed by atoms with Gasteiger partial charge in [-0.25, -0.2) is 4.39 Å². The predicted molar refractivity (Wildman–Crippen MR) is 106 cm³/mol. The molecule has 4 atom stereocenters. The Labute approximate surface area is 185 Å². The van der Waals surface area contributed by atoms with E-state index in [1.807, 2.05) is 0 Å². The van der Waals surface area contributed by atoms with E-state index in [1.165, 1.54) is 38.3 Å². The summed E-state index contributed by atoms with van der Waals surface area (Å²) in [6.07, 6.45) is -9.07. The van der Waals surface area contributed by atoms with E-state index < -0.39 is 59.2 Å². The molecule has 0 aromatic heterocycles. The summed E-state index contributed by atoms with van der Waals surface area (Å²) < 4.78 is 97.6. The summed E-state index contributed by atoms with van der Waals surface area (Å²) in [5, 5.41) is 3.09. The average Bonchev–Trinajstić information content (AvgIpc) is 3.15. The van der Waals surface area contributed by atoms with Gasteiger partial charge < -0.3 is 10.1 Å². The van der Waals surface area contributed by atoms with Crippen molar-refractivity contribution in [1.82, 2.24) is 5.32 Å². The first-order valence-electron chi connectivity index (χ1n) is 10.2. The minimum absolute atomic E-state index is 0.0837. The number of rotatable bonds is 5. The third-order valence-corrected chi connectivity index (χ3v) is 5.99. The van der Waals surface area contributed by atoms with Gasteiger partial charge in [-0.3, -0.25) is 4.79 Å². The molecule has 2 aromatic rings. The zero-order valence-corrected chi connectivity index (χ0v) is 17.7. The van der Waals surface area contributed by atoms with Crippen LogP contribution in [0.15, 0.2) is 42.5 Å². The molecule has 0 bridgehead atoms. The van der Waals surface area contributed by atoms with Crippen molar-refractivity contribution in [2.75, 3.05) is 7.11 Å². The van der Waals surface area contributed by atoms with Crippen LogP contribution in [0.5, 0.6) is 0 Å². The number of alkyl halides is 6. The number of halogens is 7. The fourth-order valence-corrected chi connectivity index (χ4v) is 4.40. The molecular weight excluding hydrogens is 455 g/mol. The number of esters is 1. The van der Waals surface area contributed by atoms with Crippen molar-refractivity contribution in [3.8, 4) is 0 Å².